The van der Waals surface area contributed by atoms with Gasteiger partial charge in [-0.3, -0.25) is 0 Å². The minimum Gasteiger partial charge on any atom is -0.444 e. The molecule has 0 atom stereocenters. The predicted octanol–water partition coefficient (Wildman–Crippen LogP) is 5.20. The number of hydrogen-bond acceptors (Lipinski definition) is 3. The van der Waals surface area contributed by atoms with E-state index in [1.54, 1.807) is 0 Å². The molecule has 0 aromatic heterocycles. The first kappa shape index (κ1) is 19.9. The fraction of sp³-hybridized carbons (Fsp3) is 0.650. The zero-order chi connectivity index (χ0) is 18.6. The van der Waals surface area contributed by atoms with E-state index < -0.39 is 5.60 Å². The van der Waals surface area contributed by atoms with E-state index in [4.69, 9.17) is 16.3 Å². The van der Waals surface area contributed by atoms with E-state index in [0.29, 0.717) is 18.4 Å². The van der Waals surface area contributed by atoms with Crippen LogP contribution in [0.25, 0.3) is 0 Å². The normalized spacial score (nSPS) is 16.2. The summed E-state index contributed by atoms with van der Waals surface area (Å²) in [7, 11) is 0. The molecule has 0 unspecified atom stereocenters. The Bertz CT molecular complexity index is 588. The summed E-state index contributed by atoms with van der Waals surface area (Å²) in [6.07, 6.45) is 1.78. The SMILES string of the molecule is CC(C)c1ccc(N2CCC(CNC(=O)OC(C)(C)C)CC2)cc1Cl. The number of hydrogen-bond donors (Lipinski definition) is 1. The van der Waals surface area contributed by atoms with Crippen LogP contribution < -0.4 is 10.2 Å². The lowest BCUT2D eigenvalue weighted by molar-refractivity contribution is 0.0517. The quantitative estimate of drug-likeness (QED) is 0.795. The molecule has 2 rings (SSSR count). The van der Waals surface area contributed by atoms with Crippen LogP contribution in [0, 0.1) is 5.92 Å². The summed E-state index contributed by atoms with van der Waals surface area (Å²) in [4.78, 5) is 14.1. The average molecular weight is 367 g/mol. The molecule has 25 heavy (non-hydrogen) atoms. The predicted molar refractivity (Wildman–Crippen MR) is 105 cm³/mol. The van der Waals surface area contributed by atoms with Gasteiger partial charge in [-0.1, -0.05) is 31.5 Å². The first-order valence-corrected chi connectivity index (χ1v) is 9.55. The molecule has 1 heterocycles. The Morgan fingerprint density at radius 2 is 1.96 bits per heavy atom. The van der Waals surface area contributed by atoms with E-state index in [-0.39, 0.29) is 6.09 Å². The van der Waals surface area contributed by atoms with Gasteiger partial charge in [0, 0.05) is 30.3 Å². The summed E-state index contributed by atoms with van der Waals surface area (Å²) in [6.45, 7) is 12.6. The molecule has 0 aliphatic carbocycles. The fourth-order valence-corrected chi connectivity index (χ4v) is 3.51. The van der Waals surface area contributed by atoms with Crippen LogP contribution >= 0.6 is 11.6 Å². The molecule has 1 saturated heterocycles. The number of benzene rings is 1. The summed E-state index contributed by atoms with van der Waals surface area (Å²) in [6, 6.07) is 6.38. The van der Waals surface area contributed by atoms with Gasteiger partial charge in [-0.05, 0) is 63.1 Å². The number of rotatable bonds is 4. The van der Waals surface area contributed by atoms with Crippen LogP contribution in [0.2, 0.25) is 5.02 Å². The average Bonchev–Trinajstić information content (AvgIpc) is 2.51. The third-order valence-corrected chi connectivity index (χ3v) is 4.85. The number of anilines is 1. The van der Waals surface area contributed by atoms with Gasteiger partial charge in [0.15, 0.2) is 0 Å². The number of halogens is 1. The van der Waals surface area contributed by atoms with Gasteiger partial charge in [0.05, 0.1) is 0 Å². The zero-order valence-electron chi connectivity index (χ0n) is 16.1. The lowest BCUT2D eigenvalue weighted by Gasteiger charge is -2.34. The number of carbonyl (C=O) groups is 1. The second-order valence-electron chi connectivity index (χ2n) is 8.17. The van der Waals surface area contributed by atoms with Crippen molar-refractivity contribution in [2.45, 2.75) is 59.0 Å². The maximum Gasteiger partial charge on any atom is 0.407 e. The third kappa shape index (κ3) is 6.10. The number of carbonyl (C=O) groups excluding carboxylic acids is 1. The van der Waals surface area contributed by atoms with Crippen LogP contribution in [-0.2, 0) is 4.74 Å². The Morgan fingerprint density at radius 3 is 2.48 bits per heavy atom. The van der Waals surface area contributed by atoms with Gasteiger partial charge in [0.1, 0.15) is 5.60 Å². The van der Waals surface area contributed by atoms with Crippen molar-refractivity contribution in [3.8, 4) is 0 Å². The van der Waals surface area contributed by atoms with Crippen molar-refractivity contribution in [2.24, 2.45) is 5.92 Å². The van der Waals surface area contributed by atoms with Crippen LogP contribution in [0.1, 0.15) is 58.9 Å². The number of amides is 1. The number of ether oxygens (including phenoxy) is 1. The molecular weight excluding hydrogens is 336 g/mol. The molecule has 1 aromatic rings. The number of nitrogens with one attached hydrogen (secondary N) is 1. The molecule has 1 amide bonds. The van der Waals surface area contributed by atoms with Crippen LogP contribution in [0.4, 0.5) is 10.5 Å². The molecule has 5 heteroatoms. The molecule has 1 fully saturated rings. The highest BCUT2D eigenvalue weighted by Gasteiger charge is 2.22. The Labute approximate surface area is 156 Å². The molecule has 0 bridgehead atoms. The first-order chi connectivity index (χ1) is 11.7. The Balaban J connectivity index is 1.82. The standard InChI is InChI=1S/C20H31ClN2O2/c1-14(2)17-7-6-16(12-18(17)21)23-10-8-15(9-11-23)13-22-19(24)25-20(3,4)5/h6-7,12,14-15H,8-11,13H2,1-5H3,(H,22,24). The van der Waals surface area contributed by atoms with Gasteiger partial charge in [0.25, 0.3) is 0 Å². The Hall–Kier alpha value is -1.42. The van der Waals surface area contributed by atoms with Gasteiger partial charge in [-0.25, -0.2) is 4.79 Å². The summed E-state index contributed by atoms with van der Waals surface area (Å²) in [5, 5.41) is 3.74. The van der Waals surface area contributed by atoms with E-state index in [1.807, 2.05) is 20.8 Å². The highest BCUT2D eigenvalue weighted by atomic mass is 35.5. The van der Waals surface area contributed by atoms with Crippen molar-refractivity contribution in [3.63, 3.8) is 0 Å². The zero-order valence-corrected chi connectivity index (χ0v) is 16.8. The second kappa shape index (κ2) is 8.31. The highest BCUT2D eigenvalue weighted by molar-refractivity contribution is 6.31. The monoisotopic (exact) mass is 366 g/mol. The Kier molecular flexibility index (Phi) is 6.61. The van der Waals surface area contributed by atoms with Gasteiger partial charge in [0.2, 0.25) is 0 Å². The van der Waals surface area contributed by atoms with Gasteiger partial charge in [-0.2, -0.15) is 0 Å². The number of alkyl carbamates (subject to hydrolysis) is 1. The van der Waals surface area contributed by atoms with Crippen LogP contribution in [0.15, 0.2) is 18.2 Å². The van der Waals surface area contributed by atoms with Crippen molar-refractivity contribution in [2.75, 3.05) is 24.5 Å². The van der Waals surface area contributed by atoms with E-state index in [0.717, 1.165) is 31.0 Å². The molecule has 140 valence electrons. The molecule has 1 aliphatic heterocycles. The summed E-state index contributed by atoms with van der Waals surface area (Å²) in [5.74, 6) is 0.931. The van der Waals surface area contributed by atoms with Gasteiger partial charge >= 0.3 is 6.09 Å². The van der Waals surface area contributed by atoms with Crippen molar-refractivity contribution in [1.29, 1.82) is 0 Å². The van der Waals surface area contributed by atoms with Crippen molar-refractivity contribution in [1.82, 2.24) is 5.32 Å². The van der Waals surface area contributed by atoms with Crippen molar-refractivity contribution < 1.29 is 9.53 Å². The van der Waals surface area contributed by atoms with Crippen molar-refractivity contribution >= 4 is 23.4 Å². The molecular formula is C20H31ClN2O2. The van der Waals surface area contributed by atoms with E-state index in [2.05, 4.69) is 42.3 Å². The summed E-state index contributed by atoms with van der Waals surface area (Å²) < 4.78 is 5.29. The maximum absolute atomic E-state index is 11.8. The molecule has 0 saturated carbocycles. The van der Waals surface area contributed by atoms with Crippen molar-refractivity contribution in [3.05, 3.63) is 28.8 Å². The lowest BCUT2D eigenvalue weighted by atomic mass is 9.96. The summed E-state index contributed by atoms with van der Waals surface area (Å²) in [5.41, 5.74) is 1.93. The smallest absolute Gasteiger partial charge is 0.407 e. The maximum atomic E-state index is 11.8. The minimum atomic E-state index is -0.450. The van der Waals surface area contributed by atoms with Crippen LogP contribution in [0.3, 0.4) is 0 Å². The first-order valence-electron chi connectivity index (χ1n) is 9.17. The number of nitrogens with zero attached hydrogens (tertiary/aromatic N) is 1. The second-order valence-corrected chi connectivity index (χ2v) is 8.58. The van der Waals surface area contributed by atoms with E-state index in [9.17, 15) is 4.79 Å². The molecule has 1 N–H and O–H groups in total. The largest absolute Gasteiger partial charge is 0.444 e. The molecule has 1 aromatic carbocycles. The van der Waals surface area contributed by atoms with Crippen LogP contribution in [0.5, 0.6) is 0 Å². The third-order valence-electron chi connectivity index (χ3n) is 4.52. The highest BCUT2D eigenvalue weighted by Crippen LogP contribution is 2.30. The fourth-order valence-electron chi connectivity index (χ4n) is 3.12. The van der Waals surface area contributed by atoms with Crippen LogP contribution in [-0.4, -0.2) is 31.3 Å². The number of piperidine rings is 1. The Morgan fingerprint density at radius 1 is 1.32 bits per heavy atom. The van der Waals surface area contributed by atoms with Gasteiger partial charge < -0.3 is 15.0 Å². The van der Waals surface area contributed by atoms with E-state index in [1.165, 1.54) is 11.3 Å². The molecule has 1 aliphatic rings. The minimum absolute atomic E-state index is 0.328. The van der Waals surface area contributed by atoms with Gasteiger partial charge in [-0.15, -0.1) is 0 Å². The molecule has 4 nitrogen and oxygen atoms in total. The molecule has 0 radical (unpaired) electrons. The topological polar surface area (TPSA) is 41.6 Å². The van der Waals surface area contributed by atoms with E-state index >= 15 is 0 Å². The molecule has 0 spiro atoms. The summed E-state index contributed by atoms with van der Waals surface area (Å²) >= 11 is 6.42. The lowest BCUT2D eigenvalue weighted by Crippen LogP contribution is -2.40.